The van der Waals surface area contributed by atoms with Crippen molar-refractivity contribution in [3.05, 3.63) is 0 Å². The van der Waals surface area contributed by atoms with Gasteiger partial charge in [0.2, 0.25) is 0 Å². The highest BCUT2D eigenvalue weighted by molar-refractivity contribution is 4.88. The first-order chi connectivity index (χ1) is 5.90. The second kappa shape index (κ2) is 3.73. The van der Waals surface area contributed by atoms with Crippen LogP contribution in [0.15, 0.2) is 0 Å². The molecule has 70 valence electrons. The van der Waals surface area contributed by atoms with Crippen LogP contribution in [-0.4, -0.2) is 49.5 Å². The van der Waals surface area contributed by atoms with Crippen molar-refractivity contribution >= 4 is 0 Å². The molecule has 3 heteroatoms. The fourth-order valence-corrected chi connectivity index (χ4v) is 1.87. The first kappa shape index (κ1) is 8.48. The van der Waals surface area contributed by atoms with E-state index in [1.54, 1.807) is 0 Å². The van der Waals surface area contributed by atoms with Gasteiger partial charge in [-0.25, -0.2) is 0 Å². The van der Waals surface area contributed by atoms with E-state index in [4.69, 9.17) is 9.84 Å². The second-order valence-corrected chi connectivity index (χ2v) is 3.85. The summed E-state index contributed by atoms with van der Waals surface area (Å²) in [6.07, 6.45) is 1.23. The van der Waals surface area contributed by atoms with Gasteiger partial charge in [-0.3, -0.25) is 4.90 Å². The standard InChI is InChI=1S/C9H17NO2/c11-7-9-5-8(9)6-10-1-3-12-4-2-10/h8-9,11H,1-7H2/t8-,9-/m0/s1. The molecule has 0 aromatic carbocycles. The van der Waals surface area contributed by atoms with Gasteiger partial charge >= 0.3 is 0 Å². The minimum atomic E-state index is 0.384. The molecule has 1 N–H and O–H groups in total. The number of hydrogen-bond acceptors (Lipinski definition) is 3. The first-order valence-electron chi connectivity index (χ1n) is 4.81. The predicted octanol–water partition coefficient (Wildman–Crippen LogP) is -0.0530. The molecule has 1 heterocycles. The van der Waals surface area contributed by atoms with Gasteiger partial charge in [0.25, 0.3) is 0 Å². The molecule has 2 fully saturated rings. The third-order valence-electron chi connectivity index (χ3n) is 2.90. The molecule has 1 aliphatic carbocycles. The molecule has 0 aromatic rings. The number of rotatable bonds is 3. The Bertz CT molecular complexity index is 145. The van der Waals surface area contributed by atoms with E-state index in [9.17, 15) is 0 Å². The van der Waals surface area contributed by atoms with E-state index in [-0.39, 0.29) is 0 Å². The van der Waals surface area contributed by atoms with Gasteiger partial charge in [0, 0.05) is 26.2 Å². The lowest BCUT2D eigenvalue weighted by atomic mass is 10.3. The summed E-state index contributed by atoms with van der Waals surface area (Å²) in [7, 11) is 0. The zero-order valence-electron chi connectivity index (χ0n) is 7.41. The summed E-state index contributed by atoms with van der Waals surface area (Å²) in [5, 5.41) is 8.86. The van der Waals surface area contributed by atoms with Crippen LogP contribution < -0.4 is 0 Å². The van der Waals surface area contributed by atoms with Crippen molar-refractivity contribution in [1.29, 1.82) is 0 Å². The highest BCUT2D eigenvalue weighted by atomic mass is 16.5. The van der Waals surface area contributed by atoms with Crippen LogP contribution in [0.5, 0.6) is 0 Å². The van der Waals surface area contributed by atoms with Crippen LogP contribution >= 0.6 is 0 Å². The van der Waals surface area contributed by atoms with E-state index in [0.717, 1.165) is 32.2 Å². The van der Waals surface area contributed by atoms with E-state index in [0.29, 0.717) is 12.5 Å². The minimum Gasteiger partial charge on any atom is -0.396 e. The molecular formula is C9H17NO2. The van der Waals surface area contributed by atoms with E-state index >= 15 is 0 Å². The number of morpholine rings is 1. The third kappa shape index (κ3) is 1.97. The maximum atomic E-state index is 8.86. The normalized spacial score (nSPS) is 36.8. The molecule has 12 heavy (non-hydrogen) atoms. The Balaban J connectivity index is 1.66. The summed E-state index contributed by atoms with van der Waals surface area (Å²) in [6.45, 7) is 5.49. The molecule has 2 atom stereocenters. The lowest BCUT2D eigenvalue weighted by Gasteiger charge is -2.26. The van der Waals surface area contributed by atoms with Gasteiger partial charge in [0.05, 0.1) is 13.2 Å². The molecule has 0 aromatic heterocycles. The summed E-state index contributed by atoms with van der Waals surface area (Å²) >= 11 is 0. The van der Waals surface area contributed by atoms with Crippen LogP contribution in [0.1, 0.15) is 6.42 Å². The molecule has 3 nitrogen and oxygen atoms in total. The Morgan fingerprint density at radius 1 is 1.25 bits per heavy atom. The fraction of sp³-hybridized carbons (Fsp3) is 1.00. The Morgan fingerprint density at radius 3 is 2.58 bits per heavy atom. The van der Waals surface area contributed by atoms with Crippen LogP contribution in [0.3, 0.4) is 0 Å². The number of ether oxygens (including phenoxy) is 1. The van der Waals surface area contributed by atoms with Gasteiger partial charge in [-0.1, -0.05) is 0 Å². The molecule has 1 saturated carbocycles. The van der Waals surface area contributed by atoms with Crippen LogP contribution in [0, 0.1) is 11.8 Å². The Hall–Kier alpha value is -0.120. The minimum absolute atomic E-state index is 0.384. The summed E-state index contributed by atoms with van der Waals surface area (Å²) in [5.74, 6) is 1.38. The van der Waals surface area contributed by atoms with Crippen molar-refractivity contribution in [3.8, 4) is 0 Å². The molecule has 0 amide bonds. The van der Waals surface area contributed by atoms with Crippen LogP contribution in [0.4, 0.5) is 0 Å². The highest BCUT2D eigenvalue weighted by Gasteiger charge is 2.37. The lowest BCUT2D eigenvalue weighted by Crippen LogP contribution is -2.37. The molecule has 0 spiro atoms. The highest BCUT2D eigenvalue weighted by Crippen LogP contribution is 2.38. The van der Waals surface area contributed by atoms with E-state index < -0.39 is 0 Å². The van der Waals surface area contributed by atoms with Gasteiger partial charge in [-0.2, -0.15) is 0 Å². The van der Waals surface area contributed by atoms with Crippen molar-refractivity contribution < 1.29 is 9.84 Å². The predicted molar refractivity (Wildman–Crippen MR) is 45.9 cm³/mol. The Labute approximate surface area is 73.3 Å². The Morgan fingerprint density at radius 2 is 2.00 bits per heavy atom. The lowest BCUT2D eigenvalue weighted by molar-refractivity contribution is 0.0347. The van der Waals surface area contributed by atoms with Crippen molar-refractivity contribution in [2.45, 2.75) is 6.42 Å². The quantitative estimate of drug-likeness (QED) is 0.646. The van der Waals surface area contributed by atoms with Crippen molar-refractivity contribution in [1.82, 2.24) is 4.90 Å². The van der Waals surface area contributed by atoms with E-state index in [1.165, 1.54) is 13.0 Å². The molecular weight excluding hydrogens is 154 g/mol. The van der Waals surface area contributed by atoms with E-state index in [2.05, 4.69) is 4.90 Å². The maximum Gasteiger partial charge on any atom is 0.0594 e. The topological polar surface area (TPSA) is 32.7 Å². The van der Waals surface area contributed by atoms with Gasteiger partial charge in [-0.05, 0) is 18.3 Å². The van der Waals surface area contributed by atoms with Crippen LogP contribution in [0.25, 0.3) is 0 Å². The zero-order valence-corrected chi connectivity index (χ0v) is 7.41. The monoisotopic (exact) mass is 171 g/mol. The summed E-state index contributed by atoms with van der Waals surface area (Å²) in [5.41, 5.74) is 0. The summed E-state index contributed by atoms with van der Waals surface area (Å²) in [4.78, 5) is 2.45. The number of aliphatic hydroxyl groups is 1. The van der Waals surface area contributed by atoms with E-state index in [1.807, 2.05) is 0 Å². The second-order valence-electron chi connectivity index (χ2n) is 3.85. The van der Waals surface area contributed by atoms with Gasteiger partial charge in [-0.15, -0.1) is 0 Å². The number of aliphatic hydroxyl groups excluding tert-OH is 1. The third-order valence-corrected chi connectivity index (χ3v) is 2.90. The first-order valence-corrected chi connectivity index (χ1v) is 4.81. The number of nitrogens with zero attached hydrogens (tertiary/aromatic N) is 1. The Kier molecular flexibility index (Phi) is 2.63. The molecule has 2 aliphatic rings. The summed E-state index contributed by atoms with van der Waals surface area (Å²) in [6, 6.07) is 0. The van der Waals surface area contributed by atoms with Crippen LogP contribution in [0.2, 0.25) is 0 Å². The smallest absolute Gasteiger partial charge is 0.0594 e. The zero-order chi connectivity index (χ0) is 8.39. The molecule has 0 radical (unpaired) electrons. The van der Waals surface area contributed by atoms with Crippen molar-refractivity contribution in [2.24, 2.45) is 11.8 Å². The largest absolute Gasteiger partial charge is 0.396 e. The molecule has 0 bridgehead atoms. The molecule has 1 saturated heterocycles. The average molecular weight is 171 g/mol. The van der Waals surface area contributed by atoms with Crippen LogP contribution in [-0.2, 0) is 4.74 Å². The average Bonchev–Trinajstić information content (AvgIpc) is 2.85. The van der Waals surface area contributed by atoms with Crippen molar-refractivity contribution in [3.63, 3.8) is 0 Å². The van der Waals surface area contributed by atoms with Gasteiger partial charge in [0.1, 0.15) is 0 Å². The fourth-order valence-electron chi connectivity index (χ4n) is 1.87. The SMILES string of the molecule is OC[C@@H]1C[C@H]1CN1CCOCC1. The van der Waals surface area contributed by atoms with Crippen molar-refractivity contribution in [2.75, 3.05) is 39.5 Å². The maximum absolute atomic E-state index is 8.86. The number of hydrogen-bond donors (Lipinski definition) is 1. The molecule has 1 aliphatic heterocycles. The summed E-state index contributed by atoms with van der Waals surface area (Å²) < 4.78 is 5.26. The molecule has 2 rings (SSSR count). The molecule has 0 unspecified atom stereocenters. The van der Waals surface area contributed by atoms with Gasteiger partial charge < -0.3 is 9.84 Å². The van der Waals surface area contributed by atoms with Gasteiger partial charge in [0.15, 0.2) is 0 Å².